The van der Waals surface area contributed by atoms with Crippen molar-refractivity contribution < 1.29 is 19.5 Å². The molecule has 0 heterocycles. The van der Waals surface area contributed by atoms with E-state index >= 15 is 0 Å². The normalized spacial score (nSPS) is 9.15. The first-order valence-corrected chi connectivity index (χ1v) is 9.09. The van der Waals surface area contributed by atoms with Crippen LogP contribution in [0.4, 0.5) is 0 Å². The SMILES string of the molecule is C.C.COc1c(Br)cc(Cl)cc1C=O.COc1c(Br)cc(Cl)cc1CNO. The summed E-state index contributed by atoms with van der Waals surface area (Å²) < 4.78 is 11.6. The molecule has 0 atom stereocenters. The van der Waals surface area contributed by atoms with Crippen molar-refractivity contribution in [2.75, 3.05) is 14.2 Å². The molecule has 0 aliphatic carbocycles. The molecule has 0 aliphatic rings. The maximum atomic E-state index is 10.5. The van der Waals surface area contributed by atoms with Gasteiger partial charge in [0.25, 0.3) is 0 Å². The summed E-state index contributed by atoms with van der Waals surface area (Å²) in [5.41, 5.74) is 3.29. The molecular weight excluding hydrogens is 525 g/mol. The molecule has 152 valence electrons. The van der Waals surface area contributed by atoms with Crippen molar-refractivity contribution in [1.29, 1.82) is 0 Å². The first-order valence-electron chi connectivity index (χ1n) is 6.75. The predicted octanol–water partition coefficient (Wildman–Crippen LogP) is 6.79. The van der Waals surface area contributed by atoms with Crippen molar-refractivity contribution >= 4 is 61.3 Å². The van der Waals surface area contributed by atoms with E-state index in [1.165, 1.54) is 7.11 Å². The number of ether oxygens (including phenoxy) is 2. The van der Waals surface area contributed by atoms with E-state index in [9.17, 15) is 4.79 Å². The van der Waals surface area contributed by atoms with Crippen LogP contribution in [0.1, 0.15) is 30.8 Å². The molecule has 0 radical (unpaired) electrons. The van der Waals surface area contributed by atoms with Crippen LogP contribution in [0, 0.1) is 0 Å². The summed E-state index contributed by atoms with van der Waals surface area (Å²) in [6, 6.07) is 6.70. The van der Waals surface area contributed by atoms with Crippen LogP contribution in [0.15, 0.2) is 33.2 Å². The van der Waals surface area contributed by atoms with Gasteiger partial charge in [-0.3, -0.25) is 4.79 Å². The highest BCUT2D eigenvalue weighted by Gasteiger charge is 2.09. The molecule has 0 amide bonds. The molecule has 0 spiro atoms. The van der Waals surface area contributed by atoms with Gasteiger partial charge in [0.05, 0.1) is 28.7 Å². The lowest BCUT2D eigenvalue weighted by molar-refractivity contribution is 0.112. The number of aldehydes is 1. The summed E-state index contributed by atoms with van der Waals surface area (Å²) in [5, 5.41) is 9.66. The van der Waals surface area contributed by atoms with Crippen LogP contribution < -0.4 is 15.0 Å². The number of carbonyl (C=O) groups excluding carboxylic acids is 1. The molecule has 0 aliphatic heterocycles. The zero-order valence-electron chi connectivity index (χ0n) is 13.3. The van der Waals surface area contributed by atoms with Gasteiger partial charge in [0.1, 0.15) is 11.5 Å². The Hall–Kier alpha value is -0.830. The molecule has 2 aromatic rings. The van der Waals surface area contributed by atoms with E-state index in [4.69, 9.17) is 37.9 Å². The van der Waals surface area contributed by atoms with Crippen LogP contribution in [0.5, 0.6) is 11.5 Å². The molecule has 2 N–H and O–H groups in total. The summed E-state index contributed by atoms with van der Waals surface area (Å²) in [6.07, 6.45) is 0.704. The largest absolute Gasteiger partial charge is 0.495 e. The molecule has 0 aromatic heterocycles. The smallest absolute Gasteiger partial charge is 0.153 e. The number of benzene rings is 2. The van der Waals surface area contributed by atoms with E-state index in [2.05, 4.69) is 37.3 Å². The first-order chi connectivity index (χ1) is 11.9. The summed E-state index contributed by atoms with van der Waals surface area (Å²) >= 11 is 18.1. The van der Waals surface area contributed by atoms with Crippen LogP contribution in [-0.2, 0) is 6.54 Å². The third-order valence-corrected chi connectivity index (χ3v) is 4.54. The first kappa shape index (κ1) is 28.4. The lowest BCUT2D eigenvalue weighted by Gasteiger charge is -2.09. The average Bonchev–Trinajstić information content (AvgIpc) is 2.54. The van der Waals surface area contributed by atoms with Crippen molar-refractivity contribution in [3.8, 4) is 11.5 Å². The van der Waals surface area contributed by atoms with Gasteiger partial charge in [0.2, 0.25) is 0 Å². The fraction of sp³-hybridized carbons (Fsp3) is 0.278. The van der Waals surface area contributed by atoms with Gasteiger partial charge < -0.3 is 14.7 Å². The van der Waals surface area contributed by atoms with E-state index in [1.807, 2.05) is 0 Å². The Morgan fingerprint density at radius 2 is 1.48 bits per heavy atom. The quantitative estimate of drug-likeness (QED) is 0.319. The molecule has 2 aromatic carbocycles. The fourth-order valence-electron chi connectivity index (χ4n) is 1.94. The van der Waals surface area contributed by atoms with Gasteiger partial charge in [-0.05, 0) is 56.1 Å². The molecular formula is C18H23Br2Cl2NO4. The molecule has 5 nitrogen and oxygen atoms in total. The monoisotopic (exact) mass is 545 g/mol. The van der Waals surface area contributed by atoms with E-state index in [-0.39, 0.29) is 14.9 Å². The Kier molecular flexibility index (Phi) is 14.9. The van der Waals surface area contributed by atoms with Gasteiger partial charge in [-0.2, -0.15) is 0 Å². The zero-order valence-corrected chi connectivity index (χ0v) is 18.0. The molecule has 0 saturated carbocycles. The molecule has 27 heavy (non-hydrogen) atoms. The maximum absolute atomic E-state index is 10.5. The number of nitrogens with one attached hydrogen (secondary N) is 1. The minimum absolute atomic E-state index is 0. The second-order valence-corrected chi connectivity index (χ2v) is 7.12. The highest BCUT2D eigenvalue weighted by atomic mass is 79.9. The molecule has 0 fully saturated rings. The van der Waals surface area contributed by atoms with Crippen LogP contribution in [-0.4, -0.2) is 25.7 Å². The van der Waals surface area contributed by atoms with E-state index in [0.717, 1.165) is 10.0 Å². The lowest BCUT2D eigenvalue weighted by Crippen LogP contribution is -2.07. The van der Waals surface area contributed by atoms with Gasteiger partial charge in [-0.25, -0.2) is 5.48 Å². The maximum Gasteiger partial charge on any atom is 0.153 e. The van der Waals surface area contributed by atoms with Gasteiger partial charge in [-0.1, -0.05) is 38.1 Å². The van der Waals surface area contributed by atoms with Crippen molar-refractivity contribution in [3.05, 3.63) is 54.4 Å². The summed E-state index contributed by atoms with van der Waals surface area (Å²) in [4.78, 5) is 10.5. The van der Waals surface area contributed by atoms with Crippen LogP contribution >= 0.6 is 55.1 Å². The van der Waals surface area contributed by atoms with E-state index in [1.54, 1.807) is 31.4 Å². The summed E-state index contributed by atoms with van der Waals surface area (Å²) in [6.45, 7) is 0.294. The number of hydroxylamine groups is 1. The second kappa shape index (κ2) is 14.2. The Morgan fingerprint density at radius 1 is 1.00 bits per heavy atom. The molecule has 0 unspecified atom stereocenters. The topological polar surface area (TPSA) is 67.8 Å². The highest BCUT2D eigenvalue weighted by Crippen LogP contribution is 2.32. The van der Waals surface area contributed by atoms with Crippen molar-refractivity contribution in [3.63, 3.8) is 0 Å². The van der Waals surface area contributed by atoms with Gasteiger partial charge in [0.15, 0.2) is 6.29 Å². The summed E-state index contributed by atoms with van der Waals surface area (Å²) in [7, 11) is 3.07. The third-order valence-electron chi connectivity index (χ3n) is 2.93. The van der Waals surface area contributed by atoms with Gasteiger partial charge >= 0.3 is 0 Å². The molecule has 9 heteroatoms. The zero-order chi connectivity index (χ0) is 19.0. The number of halogens is 4. The Balaban J connectivity index is 0. The number of carbonyl (C=O) groups is 1. The minimum Gasteiger partial charge on any atom is -0.495 e. The Bertz CT molecular complexity index is 746. The molecule has 0 saturated heterocycles. The van der Waals surface area contributed by atoms with Crippen molar-refractivity contribution in [2.45, 2.75) is 21.4 Å². The Morgan fingerprint density at radius 3 is 1.93 bits per heavy atom. The standard InChI is InChI=1S/C8H9BrClNO2.C8H6BrClO2.2CH4/c1-13-8-5(4-11-12)2-6(10)3-7(8)9;1-12-8-5(4-11)2-6(10)3-7(8)9;;/h2-3,11-12H,4H2,1H3;2-4H,1H3;2*1H4. The fourth-order valence-corrected chi connectivity index (χ4v) is 3.97. The lowest BCUT2D eigenvalue weighted by atomic mass is 10.2. The molecule has 0 bridgehead atoms. The van der Waals surface area contributed by atoms with Crippen LogP contribution in [0.3, 0.4) is 0 Å². The Labute approximate surface area is 187 Å². The van der Waals surface area contributed by atoms with E-state index < -0.39 is 0 Å². The van der Waals surface area contributed by atoms with E-state index in [0.29, 0.717) is 44.4 Å². The van der Waals surface area contributed by atoms with Gasteiger partial charge in [-0.15, -0.1) is 0 Å². The average molecular weight is 548 g/mol. The van der Waals surface area contributed by atoms with Crippen molar-refractivity contribution in [1.82, 2.24) is 5.48 Å². The highest BCUT2D eigenvalue weighted by molar-refractivity contribution is 9.11. The van der Waals surface area contributed by atoms with Crippen LogP contribution in [0.2, 0.25) is 10.0 Å². The number of hydrogen-bond donors (Lipinski definition) is 2. The predicted molar refractivity (Wildman–Crippen MR) is 119 cm³/mol. The molecule has 2 rings (SSSR count). The number of methoxy groups -OCH3 is 2. The minimum atomic E-state index is 0. The third kappa shape index (κ3) is 8.37. The van der Waals surface area contributed by atoms with Crippen LogP contribution in [0.25, 0.3) is 0 Å². The van der Waals surface area contributed by atoms with Gasteiger partial charge in [0, 0.05) is 22.2 Å². The second-order valence-electron chi connectivity index (χ2n) is 4.54. The number of rotatable bonds is 5. The number of hydrogen-bond acceptors (Lipinski definition) is 5. The van der Waals surface area contributed by atoms with Crippen molar-refractivity contribution in [2.24, 2.45) is 0 Å². The summed E-state index contributed by atoms with van der Waals surface area (Å²) in [5.74, 6) is 1.18.